The minimum atomic E-state index is -0.528. The van der Waals surface area contributed by atoms with Crippen molar-refractivity contribution >= 4 is 23.2 Å². The topological polar surface area (TPSA) is 88.0 Å². The SMILES string of the molecule is Cc1cc(C)cc(C(C)Nc2cc(N3CCN(C(=O)OC(C)(C)C)CC3)ccc2[N+](=O)[O-])c1. The number of ether oxygens (including phenoxy) is 1. The van der Waals surface area contributed by atoms with Gasteiger partial charge < -0.3 is 19.9 Å². The molecule has 1 heterocycles. The zero-order chi connectivity index (χ0) is 24.3. The molecule has 2 aromatic rings. The van der Waals surface area contributed by atoms with Crippen molar-refractivity contribution < 1.29 is 14.5 Å². The first kappa shape index (κ1) is 24.4. The lowest BCUT2D eigenvalue weighted by Gasteiger charge is -2.36. The zero-order valence-corrected chi connectivity index (χ0v) is 20.3. The molecule has 178 valence electrons. The minimum Gasteiger partial charge on any atom is -0.444 e. The lowest BCUT2D eigenvalue weighted by molar-refractivity contribution is -0.384. The maximum atomic E-state index is 12.3. The highest BCUT2D eigenvalue weighted by molar-refractivity contribution is 5.71. The van der Waals surface area contributed by atoms with Crippen LogP contribution < -0.4 is 10.2 Å². The number of hydrogen-bond donors (Lipinski definition) is 1. The van der Waals surface area contributed by atoms with Crippen LogP contribution in [0.3, 0.4) is 0 Å². The highest BCUT2D eigenvalue weighted by Gasteiger charge is 2.27. The van der Waals surface area contributed by atoms with Gasteiger partial charge in [-0.05, 0) is 59.2 Å². The van der Waals surface area contributed by atoms with Crippen molar-refractivity contribution in [3.63, 3.8) is 0 Å². The monoisotopic (exact) mass is 454 g/mol. The minimum absolute atomic E-state index is 0.0439. The second kappa shape index (κ2) is 9.68. The molecule has 1 aliphatic heterocycles. The Morgan fingerprint density at radius 1 is 1.06 bits per heavy atom. The number of amides is 1. The van der Waals surface area contributed by atoms with Crippen LogP contribution in [-0.2, 0) is 4.74 Å². The molecule has 0 saturated carbocycles. The van der Waals surface area contributed by atoms with Crippen molar-refractivity contribution in [3.05, 3.63) is 63.2 Å². The molecule has 33 heavy (non-hydrogen) atoms. The first-order chi connectivity index (χ1) is 15.4. The number of nitrogens with zero attached hydrogens (tertiary/aromatic N) is 3. The molecule has 8 heteroatoms. The van der Waals surface area contributed by atoms with Gasteiger partial charge in [0, 0.05) is 44.0 Å². The number of nitro groups is 1. The molecule has 8 nitrogen and oxygen atoms in total. The van der Waals surface area contributed by atoms with Gasteiger partial charge in [0.05, 0.1) is 4.92 Å². The Balaban J connectivity index is 1.75. The van der Waals surface area contributed by atoms with Crippen LogP contribution in [0.2, 0.25) is 0 Å². The number of aryl methyl sites for hydroxylation is 2. The van der Waals surface area contributed by atoms with Crippen molar-refractivity contribution in [2.75, 3.05) is 36.4 Å². The highest BCUT2D eigenvalue weighted by atomic mass is 16.6. The number of piperazine rings is 1. The summed E-state index contributed by atoms with van der Waals surface area (Å²) in [4.78, 5) is 27.5. The number of carbonyl (C=O) groups excluding carboxylic acids is 1. The summed E-state index contributed by atoms with van der Waals surface area (Å²) < 4.78 is 5.47. The number of rotatable bonds is 5. The third-order valence-corrected chi connectivity index (χ3v) is 5.59. The fourth-order valence-electron chi connectivity index (χ4n) is 4.05. The van der Waals surface area contributed by atoms with E-state index in [0.717, 1.165) is 22.4 Å². The fraction of sp³-hybridized carbons (Fsp3) is 0.480. The Morgan fingerprint density at radius 3 is 2.21 bits per heavy atom. The van der Waals surface area contributed by atoms with E-state index in [1.165, 1.54) is 0 Å². The molecule has 1 saturated heterocycles. The van der Waals surface area contributed by atoms with E-state index in [0.29, 0.717) is 31.9 Å². The predicted molar refractivity (Wildman–Crippen MR) is 131 cm³/mol. The first-order valence-electron chi connectivity index (χ1n) is 11.3. The number of hydrogen-bond acceptors (Lipinski definition) is 6. The van der Waals surface area contributed by atoms with Gasteiger partial charge in [0.1, 0.15) is 11.3 Å². The first-order valence-corrected chi connectivity index (χ1v) is 11.3. The van der Waals surface area contributed by atoms with Gasteiger partial charge in [0.15, 0.2) is 0 Å². The van der Waals surface area contributed by atoms with Gasteiger partial charge in [-0.1, -0.05) is 29.3 Å². The number of nitro benzene ring substituents is 1. The maximum Gasteiger partial charge on any atom is 0.410 e. The van der Waals surface area contributed by atoms with E-state index >= 15 is 0 Å². The van der Waals surface area contributed by atoms with E-state index in [1.54, 1.807) is 17.0 Å². The van der Waals surface area contributed by atoms with Gasteiger partial charge in [-0.3, -0.25) is 10.1 Å². The average Bonchev–Trinajstić information content (AvgIpc) is 2.71. The molecular formula is C25H34N4O4. The van der Waals surface area contributed by atoms with Crippen molar-refractivity contribution in [1.29, 1.82) is 0 Å². The lowest BCUT2D eigenvalue weighted by atomic mass is 10.0. The van der Waals surface area contributed by atoms with Crippen LogP contribution in [0.4, 0.5) is 21.9 Å². The zero-order valence-electron chi connectivity index (χ0n) is 20.3. The second-order valence-corrected chi connectivity index (χ2v) is 9.70. The van der Waals surface area contributed by atoms with E-state index in [9.17, 15) is 14.9 Å². The van der Waals surface area contributed by atoms with E-state index in [2.05, 4.69) is 28.4 Å². The molecule has 0 aromatic heterocycles. The summed E-state index contributed by atoms with van der Waals surface area (Å²) in [7, 11) is 0. The van der Waals surface area contributed by atoms with Gasteiger partial charge in [-0.25, -0.2) is 4.79 Å². The number of nitrogens with one attached hydrogen (secondary N) is 1. The maximum absolute atomic E-state index is 12.3. The highest BCUT2D eigenvalue weighted by Crippen LogP contribution is 2.33. The van der Waals surface area contributed by atoms with Crippen LogP contribution in [0.15, 0.2) is 36.4 Å². The summed E-state index contributed by atoms with van der Waals surface area (Å²) in [5, 5.41) is 15.0. The molecular weight excluding hydrogens is 420 g/mol. The Morgan fingerprint density at radius 2 is 1.67 bits per heavy atom. The second-order valence-electron chi connectivity index (χ2n) is 9.70. The van der Waals surface area contributed by atoms with Crippen molar-refractivity contribution in [2.45, 2.75) is 53.2 Å². The Labute approximate surface area is 195 Å². The third kappa shape index (κ3) is 6.37. The lowest BCUT2D eigenvalue weighted by Crippen LogP contribution is -2.50. The summed E-state index contributed by atoms with van der Waals surface area (Å²) in [6.45, 7) is 14.0. The molecule has 1 aliphatic rings. The summed E-state index contributed by atoms with van der Waals surface area (Å²) >= 11 is 0. The smallest absolute Gasteiger partial charge is 0.410 e. The largest absolute Gasteiger partial charge is 0.444 e. The van der Waals surface area contributed by atoms with Gasteiger partial charge in [0.2, 0.25) is 0 Å². The van der Waals surface area contributed by atoms with Crippen LogP contribution in [0.5, 0.6) is 0 Å². The summed E-state index contributed by atoms with van der Waals surface area (Å²) in [5.74, 6) is 0. The molecule has 0 radical (unpaired) electrons. The van der Waals surface area contributed by atoms with Gasteiger partial charge >= 0.3 is 6.09 Å². The van der Waals surface area contributed by atoms with Crippen molar-refractivity contribution in [1.82, 2.24) is 4.90 Å². The van der Waals surface area contributed by atoms with E-state index in [-0.39, 0.29) is 22.7 Å². The van der Waals surface area contributed by atoms with Crippen LogP contribution >= 0.6 is 0 Å². The number of anilines is 2. The van der Waals surface area contributed by atoms with Gasteiger partial charge in [-0.15, -0.1) is 0 Å². The van der Waals surface area contributed by atoms with Crippen LogP contribution in [0, 0.1) is 24.0 Å². The van der Waals surface area contributed by atoms with Crippen LogP contribution in [0.1, 0.15) is 50.4 Å². The molecule has 1 amide bonds. The Hall–Kier alpha value is -3.29. The molecule has 1 atom stereocenters. The third-order valence-electron chi connectivity index (χ3n) is 5.59. The fourth-order valence-corrected chi connectivity index (χ4v) is 4.05. The standard InChI is InChI=1S/C25H34N4O4/c1-17-13-18(2)15-20(14-17)19(3)26-22-16-21(7-8-23(22)29(31)32)27-9-11-28(12-10-27)24(30)33-25(4,5)6/h7-8,13-16,19,26H,9-12H2,1-6H3. The Kier molecular flexibility index (Phi) is 7.15. The number of benzene rings is 2. The summed E-state index contributed by atoms with van der Waals surface area (Å²) in [6.07, 6.45) is -0.310. The van der Waals surface area contributed by atoms with E-state index in [4.69, 9.17) is 4.74 Å². The van der Waals surface area contributed by atoms with Gasteiger partial charge in [0.25, 0.3) is 5.69 Å². The molecule has 1 fully saturated rings. The predicted octanol–water partition coefficient (Wildman–Crippen LogP) is 5.44. The molecule has 0 aliphatic carbocycles. The molecule has 0 spiro atoms. The molecule has 1 N–H and O–H groups in total. The van der Waals surface area contributed by atoms with Gasteiger partial charge in [-0.2, -0.15) is 0 Å². The molecule has 1 unspecified atom stereocenters. The van der Waals surface area contributed by atoms with E-state index in [1.807, 2.05) is 47.6 Å². The average molecular weight is 455 g/mol. The van der Waals surface area contributed by atoms with Crippen molar-refractivity contribution in [2.24, 2.45) is 0 Å². The summed E-state index contributed by atoms with van der Waals surface area (Å²) in [6, 6.07) is 11.4. The van der Waals surface area contributed by atoms with Crippen LogP contribution in [0.25, 0.3) is 0 Å². The van der Waals surface area contributed by atoms with Crippen LogP contribution in [-0.4, -0.2) is 47.7 Å². The molecule has 3 rings (SSSR count). The Bertz CT molecular complexity index is 1000. The van der Waals surface area contributed by atoms with E-state index < -0.39 is 5.60 Å². The summed E-state index contributed by atoms with van der Waals surface area (Å²) in [5.41, 5.74) is 4.29. The quantitative estimate of drug-likeness (QED) is 0.478. The molecule has 0 bridgehead atoms. The van der Waals surface area contributed by atoms with Crippen molar-refractivity contribution in [3.8, 4) is 0 Å². The molecule has 2 aromatic carbocycles. The number of carbonyl (C=O) groups is 1. The normalized spacial score (nSPS) is 15.2.